The second-order valence-corrected chi connectivity index (χ2v) is 2.68. The van der Waals surface area contributed by atoms with E-state index in [1.165, 1.54) is 0 Å². The highest BCUT2D eigenvalue weighted by Crippen LogP contribution is 2.00. The van der Waals surface area contributed by atoms with Gasteiger partial charge in [0, 0.05) is 25.4 Å². The van der Waals surface area contributed by atoms with Gasteiger partial charge in [-0.15, -0.1) is 0 Å². The van der Waals surface area contributed by atoms with Crippen molar-refractivity contribution in [3.05, 3.63) is 18.2 Å². The number of imidazole rings is 1. The summed E-state index contributed by atoms with van der Waals surface area (Å²) in [5.74, 6) is 0.961. The Hall–Kier alpha value is -0.830. The van der Waals surface area contributed by atoms with Crippen molar-refractivity contribution in [3.63, 3.8) is 0 Å². The second-order valence-electron chi connectivity index (χ2n) is 2.68. The molecule has 11 heavy (non-hydrogen) atoms. The lowest BCUT2D eigenvalue weighted by atomic mass is 10.3. The molecule has 0 radical (unpaired) electrons. The first-order chi connectivity index (χ1) is 5.24. The van der Waals surface area contributed by atoms with Crippen LogP contribution in [0.1, 0.15) is 19.7 Å². The fourth-order valence-electron chi connectivity index (χ4n) is 1.08. The van der Waals surface area contributed by atoms with Crippen molar-refractivity contribution in [2.24, 2.45) is 0 Å². The maximum absolute atomic E-state index is 9.09. The molecule has 1 N–H and O–H groups in total. The van der Waals surface area contributed by atoms with Crippen molar-refractivity contribution in [2.45, 2.75) is 32.9 Å². The first-order valence-corrected chi connectivity index (χ1v) is 3.92. The molecule has 1 heterocycles. The zero-order valence-corrected chi connectivity index (χ0v) is 6.99. The minimum absolute atomic E-state index is 0.303. The summed E-state index contributed by atoms with van der Waals surface area (Å²) in [6.07, 6.45) is 4.03. The van der Waals surface area contributed by atoms with Crippen LogP contribution in [0.4, 0.5) is 0 Å². The van der Waals surface area contributed by atoms with Crippen LogP contribution in [0, 0.1) is 0 Å². The Labute approximate surface area is 66.7 Å². The van der Waals surface area contributed by atoms with Crippen molar-refractivity contribution in [2.75, 3.05) is 0 Å². The lowest BCUT2D eigenvalue weighted by molar-refractivity contribution is 0.191. The quantitative estimate of drug-likeness (QED) is 0.700. The molecule has 0 unspecified atom stereocenters. The van der Waals surface area contributed by atoms with Gasteiger partial charge in [-0.2, -0.15) is 0 Å². The normalized spacial score (nSPS) is 13.4. The lowest BCUT2D eigenvalue weighted by Gasteiger charge is -2.05. The third-order valence-electron chi connectivity index (χ3n) is 1.62. The molecule has 0 aliphatic carbocycles. The van der Waals surface area contributed by atoms with Gasteiger partial charge in [0.1, 0.15) is 5.82 Å². The van der Waals surface area contributed by atoms with E-state index in [2.05, 4.69) is 11.9 Å². The van der Waals surface area contributed by atoms with Crippen LogP contribution >= 0.6 is 0 Å². The predicted molar refractivity (Wildman–Crippen MR) is 43.3 cm³/mol. The number of hydrogen-bond donors (Lipinski definition) is 1. The number of aryl methyl sites for hydroxylation is 1. The van der Waals surface area contributed by atoms with Gasteiger partial charge in [0.25, 0.3) is 0 Å². The summed E-state index contributed by atoms with van der Waals surface area (Å²) in [5.41, 5.74) is 0. The summed E-state index contributed by atoms with van der Waals surface area (Å²) >= 11 is 0. The summed E-state index contributed by atoms with van der Waals surface area (Å²) in [6.45, 7) is 4.75. The van der Waals surface area contributed by atoms with E-state index in [1.807, 2.05) is 10.8 Å². The van der Waals surface area contributed by atoms with Crippen molar-refractivity contribution in [3.8, 4) is 0 Å². The molecule has 1 aromatic heterocycles. The van der Waals surface area contributed by atoms with Gasteiger partial charge in [-0.05, 0) is 13.8 Å². The molecule has 0 amide bonds. The lowest BCUT2D eigenvalue weighted by Crippen LogP contribution is -2.10. The molecule has 1 rings (SSSR count). The van der Waals surface area contributed by atoms with Crippen molar-refractivity contribution < 1.29 is 5.11 Å². The summed E-state index contributed by atoms with van der Waals surface area (Å²) in [5, 5.41) is 9.09. The van der Waals surface area contributed by atoms with Crippen LogP contribution in [0.15, 0.2) is 12.4 Å². The number of nitrogens with zero attached hydrogens (tertiary/aromatic N) is 2. The van der Waals surface area contributed by atoms with E-state index < -0.39 is 0 Å². The molecule has 62 valence electrons. The molecule has 0 saturated heterocycles. The topological polar surface area (TPSA) is 38.0 Å². The number of rotatable bonds is 3. The van der Waals surface area contributed by atoms with Gasteiger partial charge in [-0.25, -0.2) is 4.98 Å². The fourth-order valence-corrected chi connectivity index (χ4v) is 1.08. The van der Waals surface area contributed by atoms with Crippen LogP contribution in [-0.4, -0.2) is 20.8 Å². The van der Waals surface area contributed by atoms with Gasteiger partial charge in [0.15, 0.2) is 0 Å². The van der Waals surface area contributed by atoms with E-state index in [4.69, 9.17) is 5.11 Å². The summed E-state index contributed by atoms with van der Waals surface area (Å²) in [6, 6.07) is 0. The standard InChI is InChI=1S/C8H14N2O/c1-3-10-5-4-9-8(10)6-7(2)11/h4-5,7,11H,3,6H2,1-2H3/t7-/m1/s1. The van der Waals surface area contributed by atoms with Crippen LogP contribution in [-0.2, 0) is 13.0 Å². The van der Waals surface area contributed by atoms with Gasteiger partial charge in [0.05, 0.1) is 6.10 Å². The largest absolute Gasteiger partial charge is 0.393 e. The summed E-state index contributed by atoms with van der Waals surface area (Å²) < 4.78 is 2.03. The van der Waals surface area contributed by atoms with E-state index in [1.54, 1.807) is 13.1 Å². The Morgan fingerprint density at radius 2 is 2.45 bits per heavy atom. The first-order valence-electron chi connectivity index (χ1n) is 3.92. The zero-order chi connectivity index (χ0) is 8.27. The average Bonchev–Trinajstić information content (AvgIpc) is 2.34. The maximum atomic E-state index is 9.09. The van der Waals surface area contributed by atoms with Crippen molar-refractivity contribution in [1.29, 1.82) is 0 Å². The van der Waals surface area contributed by atoms with E-state index in [0.717, 1.165) is 12.4 Å². The number of aliphatic hydroxyl groups excluding tert-OH is 1. The van der Waals surface area contributed by atoms with E-state index >= 15 is 0 Å². The van der Waals surface area contributed by atoms with Crippen LogP contribution < -0.4 is 0 Å². The predicted octanol–water partition coefficient (Wildman–Crippen LogP) is 0.826. The van der Waals surface area contributed by atoms with Gasteiger partial charge in [-0.3, -0.25) is 0 Å². The van der Waals surface area contributed by atoms with E-state index in [0.29, 0.717) is 6.42 Å². The Kier molecular flexibility index (Phi) is 2.65. The number of aliphatic hydroxyl groups is 1. The highest BCUT2D eigenvalue weighted by Gasteiger charge is 2.03. The molecule has 1 aromatic rings. The van der Waals surface area contributed by atoms with Gasteiger partial charge in [0.2, 0.25) is 0 Å². The molecule has 0 aliphatic rings. The smallest absolute Gasteiger partial charge is 0.111 e. The molecule has 0 aromatic carbocycles. The zero-order valence-electron chi connectivity index (χ0n) is 6.99. The highest BCUT2D eigenvalue weighted by molar-refractivity contribution is 4.93. The molecule has 0 fully saturated rings. The number of hydrogen-bond acceptors (Lipinski definition) is 2. The van der Waals surface area contributed by atoms with Crippen molar-refractivity contribution >= 4 is 0 Å². The average molecular weight is 154 g/mol. The van der Waals surface area contributed by atoms with Crippen LogP contribution in [0.25, 0.3) is 0 Å². The second kappa shape index (κ2) is 3.53. The van der Waals surface area contributed by atoms with Gasteiger partial charge < -0.3 is 9.67 Å². The Bertz CT molecular complexity index is 218. The van der Waals surface area contributed by atoms with E-state index in [9.17, 15) is 0 Å². The summed E-state index contributed by atoms with van der Waals surface area (Å²) in [7, 11) is 0. The Morgan fingerprint density at radius 3 is 3.00 bits per heavy atom. The molecule has 0 spiro atoms. The van der Waals surface area contributed by atoms with E-state index in [-0.39, 0.29) is 6.10 Å². The molecular weight excluding hydrogens is 140 g/mol. The third kappa shape index (κ3) is 2.05. The van der Waals surface area contributed by atoms with Gasteiger partial charge >= 0.3 is 0 Å². The minimum atomic E-state index is -0.303. The fraction of sp³-hybridized carbons (Fsp3) is 0.625. The molecule has 0 saturated carbocycles. The highest BCUT2D eigenvalue weighted by atomic mass is 16.3. The maximum Gasteiger partial charge on any atom is 0.111 e. The monoisotopic (exact) mass is 154 g/mol. The Morgan fingerprint density at radius 1 is 1.73 bits per heavy atom. The molecule has 3 heteroatoms. The van der Waals surface area contributed by atoms with Gasteiger partial charge in [-0.1, -0.05) is 0 Å². The SMILES string of the molecule is CCn1ccnc1C[C@@H](C)O. The van der Waals surface area contributed by atoms with Crippen molar-refractivity contribution in [1.82, 2.24) is 9.55 Å². The first kappa shape index (κ1) is 8.27. The van der Waals surface area contributed by atoms with Crippen LogP contribution in [0.3, 0.4) is 0 Å². The van der Waals surface area contributed by atoms with Crippen LogP contribution in [0.5, 0.6) is 0 Å². The molecule has 1 atom stereocenters. The summed E-state index contributed by atoms with van der Waals surface area (Å²) in [4.78, 5) is 4.13. The number of aromatic nitrogens is 2. The molecule has 0 bridgehead atoms. The minimum Gasteiger partial charge on any atom is -0.393 e. The molecule has 3 nitrogen and oxygen atoms in total. The van der Waals surface area contributed by atoms with Crippen LogP contribution in [0.2, 0.25) is 0 Å². The molecular formula is C8H14N2O. The Balaban J connectivity index is 2.68. The molecule has 0 aliphatic heterocycles. The third-order valence-corrected chi connectivity index (χ3v) is 1.62.